The second-order valence-corrected chi connectivity index (χ2v) is 15.4. The average Bonchev–Trinajstić information content (AvgIpc) is 3.69. The van der Waals surface area contributed by atoms with Crippen molar-refractivity contribution in [1.82, 2.24) is 5.32 Å². The molecule has 3 aromatic rings. The molecule has 0 heterocycles. The summed E-state index contributed by atoms with van der Waals surface area (Å²) >= 11 is 0. The Kier molecular flexibility index (Phi) is 9.01. The number of carbonyl (C=O) groups excluding carboxylic acids is 3. The normalized spacial score (nSPS) is 28.1. The quantitative estimate of drug-likeness (QED) is 0.174. The molecule has 1 N–H and O–H groups in total. The number of benzene rings is 3. The molecule has 0 aromatic heterocycles. The first-order valence-corrected chi connectivity index (χ1v) is 17.8. The summed E-state index contributed by atoms with van der Waals surface area (Å²) in [4.78, 5) is 40.2. The number of aryl methyl sites for hydroxylation is 1. The van der Waals surface area contributed by atoms with Crippen LogP contribution in [0.2, 0.25) is 0 Å². The van der Waals surface area contributed by atoms with Gasteiger partial charge in [0.25, 0.3) is 0 Å². The van der Waals surface area contributed by atoms with Gasteiger partial charge in [-0.1, -0.05) is 68.0 Å². The summed E-state index contributed by atoms with van der Waals surface area (Å²) in [6.45, 7) is 6.62. The second kappa shape index (κ2) is 13.3. The van der Waals surface area contributed by atoms with E-state index in [0.717, 1.165) is 35.6 Å². The summed E-state index contributed by atoms with van der Waals surface area (Å²) in [7, 11) is 0. The fourth-order valence-electron chi connectivity index (χ4n) is 8.27. The van der Waals surface area contributed by atoms with Gasteiger partial charge in [0.2, 0.25) is 5.91 Å². The van der Waals surface area contributed by atoms with Crippen LogP contribution in [0.4, 0.5) is 4.39 Å². The van der Waals surface area contributed by atoms with Gasteiger partial charge in [0.05, 0.1) is 23.0 Å². The summed E-state index contributed by atoms with van der Waals surface area (Å²) in [6.07, 6.45) is 9.57. The number of halogens is 1. The molecule has 3 saturated carbocycles. The van der Waals surface area contributed by atoms with E-state index in [2.05, 4.69) is 18.3 Å². The SMILES string of the molecule is Cc1cc(F)c(O[C@H]2CC[C@@](C)(C(=O)OCc3cccc4ccccc34)CC2)cc1C(=O)O[C@H]1[C@@H](C(=O)NCC2(C)CCC2)[C@@H]2C=C[C@H]1C2. The largest absolute Gasteiger partial charge is 0.487 e. The van der Waals surface area contributed by atoms with Crippen molar-refractivity contribution in [3.05, 3.63) is 89.3 Å². The van der Waals surface area contributed by atoms with Crippen LogP contribution in [-0.4, -0.2) is 36.6 Å². The van der Waals surface area contributed by atoms with Crippen molar-refractivity contribution in [3.8, 4) is 5.75 Å². The van der Waals surface area contributed by atoms with Crippen LogP contribution >= 0.6 is 0 Å². The van der Waals surface area contributed by atoms with Gasteiger partial charge < -0.3 is 19.5 Å². The number of esters is 2. The Balaban J connectivity index is 0.961. The lowest BCUT2D eigenvalue weighted by Crippen LogP contribution is -2.46. The van der Waals surface area contributed by atoms with E-state index in [4.69, 9.17) is 14.2 Å². The Bertz CT molecular complexity index is 1780. The van der Waals surface area contributed by atoms with Crippen LogP contribution < -0.4 is 10.1 Å². The summed E-state index contributed by atoms with van der Waals surface area (Å²) in [6, 6.07) is 16.7. The zero-order valence-electron chi connectivity index (χ0n) is 28.6. The van der Waals surface area contributed by atoms with Crippen molar-refractivity contribution in [2.24, 2.45) is 28.6 Å². The maximum Gasteiger partial charge on any atom is 0.338 e. The lowest BCUT2D eigenvalue weighted by atomic mass is 9.70. The van der Waals surface area contributed by atoms with E-state index in [-0.39, 0.29) is 53.2 Å². The minimum Gasteiger partial charge on any atom is -0.487 e. The molecule has 0 saturated heterocycles. The molecule has 2 bridgehead atoms. The van der Waals surface area contributed by atoms with Gasteiger partial charge in [0.1, 0.15) is 12.7 Å². The van der Waals surface area contributed by atoms with E-state index in [1.807, 2.05) is 55.5 Å². The lowest BCUT2D eigenvalue weighted by molar-refractivity contribution is -0.159. The van der Waals surface area contributed by atoms with Crippen molar-refractivity contribution >= 4 is 28.6 Å². The summed E-state index contributed by atoms with van der Waals surface area (Å²) < 4.78 is 33.2. The number of allylic oxidation sites excluding steroid dienone is 1. The van der Waals surface area contributed by atoms with Gasteiger partial charge in [-0.05, 0) is 104 Å². The van der Waals surface area contributed by atoms with Crippen LogP contribution in [0.5, 0.6) is 5.75 Å². The highest BCUT2D eigenvalue weighted by Crippen LogP contribution is 2.47. The Hall–Kier alpha value is -4.20. The number of hydrogen-bond donors (Lipinski definition) is 1. The topological polar surface area (TPSA) is 90.9 Å². The predicted octanol–water partition coefficient (Wildman–Crippen LogP) is 8.01. The summed E-state index contributed by atoms with van der Waals surface area (Å²) in [5, 5.41) is 5.30. The molecule has 4 aliphatic rings. The fourth-order valence-corrected chi connectivity index (χ4v) is 8.27. The van der Waals surface area contributed by atoms with Crippen LogP contribution in [0.3, 0.4) is 0 Å². The van der Waals surface area contributed by atoms with Gasteiger partial charge >= 0.3 is 11.9 Å². The van der Waals surface area contributed by atoms with Crippen molar-refractivity contribution in [1.29, 1.82) is 0 Å². The number of fused-ring (bicyclic) bond motifs is 3. The first-order chi connectivity index (χ1) is 23.5. The standard InChI is InChI=1S/C41H46FNO6/c1-25-20-33(42)34(22-32(25)38(45)49-36-28-13-12-27(21-28)35(36)37(44)43-24-40(2)16-7-17-40)48-30-14-18-41(3,19-15-30)39(46)47-23-29-10-6-9-26-8-4-5-11-31(26)29/h4-6,8-13,20,22,27-28,30,35-36H,7,14-19,21,23-24H2,1-3H3,(H,43,44)/t27-,28+,30-,35+,36-,41+/m1/s1. The van der Waals surface area contributed by atoms with Gasteiger partial charge in [0.15, 0.2) is 11.6 Å². The fraction of sp³-hybridized carbons (Fsp3) is 0.488. The zero-order chi connectivity index (χ0) is 34.3. The monoisotopic (exact) mass is 667 g/mol. The van der Waals surface area contributed by atoms with Crippen LogP contribution in [0, 0.1) is 41.3 Å². The summed E-state index contributed by atoms with van der Waals surface area (Å²) in [5.74, 6) is -1.87. The third-order valence-corrected chi connectivity index (χ3v) is 11.7. The molecule has 8 heteroatoms. The molecular weight excluding hydrogens is 621 g/mol. The molecule has 0 radical (unpaired) electrons. The molecule has 0 unspecified atom stereocenters. The Morgan fingerprint density at radius 2 is 1.67 bits per heavy atom. The third kappa shape index (κ3) is 6.71. The van der Waals surface area contributed by atoms with Gasteiger partial charge in [-0.3, -0.25) is 9.59 Å². The first-order valence-electron chi connectivity index (χ1n) is 17.8. The van der Waals surface area contributed by atoms with Crippen LogP contribution in [0.25, 0.3) is 10.8 Å². The maximum absolute atomic E-state index is 15.2. The smallest absolute Gasteiger partial charge is 0.338 e. The Morgan fingerprint density at radius 1 is 0.939 bits per heavy atom. The van der Waals surface area contributed by atoms with E-state index >= 15 is 4.39 Å². The molecule has 7 nitrogen and oxygen atoms in total. The molecule has 1 amide bonds. The molecule has 4 atom stereocenters. The molecule has 7 rings (SSSR count). The van der Waals surface area contributed by atoms with Crippen LogP contribution in [-0.2, 0) is 25.7 Å². The van der Waals surface area contributed by atoms with E-state index in [1.165, 1.54) is 18.6 Å². The first kappa shape index (κ1) is 33.3. The third-order valence-electron chi connectivity index (χ3n) is 11.7. The van der Waals surface area contributed by atoms with E-state index in [0.29, 0.717) is 37.8 Å². The van der Waals surface area contributed by atoms with E-state index in [1.54, 1.807) is 6.92 Å². The summed E-state index contributed by atoms with van der Waals surface area (Å²) in [5.41, 5.74) is 1.11. The van der Waals surface area contributed by atoms with Crippen molar-refractivity contribution in [2.75, 3.05) is 6.54 Å². The van der Waals surface area contributed by atoms with Crippen LogP contribution in [0.1, 0.15) is 86.7 Å². The molecule has 4 aliphatic carbocycles. The molecular formula is C41H46FNO6. The minimum absolute atomic E-state index is 0.0134. The second-order valence-electron chi connectivity index (χ2n) is 15.4. The molecule has 0 aliphatic heterocycles. The van der Waals surface area contributed by atoms with Crippen molar-refractivity contribution < 1.29 is 33.0 Å². The number of ether oxygens (including phenoxy) is 3. The molecule has 3 aromatic carbocycles. The predicted molar refractivity (Wildman–Crippen MR) is 184 cm³/mol. The molecule has 258 valence electrons. The highest BCUT2D eigenvalue weighted by Gasteiger charge is 2.51. The Morgan fingerprint density at radius 3 is 2.43 bits per heavy atom. The lowest BCUT2D eigenvalue weighted by Gasteiger charge is -2.39. The maximum atomic E-state index is 15.2. The van der Waals surface area contributed by atoms with Crippen LogP contribution in [0.15, 0.2) is 66.7 Å². The molecule has 49 heavy (non-hydrogen) atoms. The highest BCUT2D eigenvalue weighted by atomic mass is 19.1. The highest BCUT2D eigenvalue weighted by molar-refractivity contribution is 5.92. The van der Waals surface area contributed by atoms with Gasteiger partial charge in [-0.2, -0.15) is 0 Å². The van der Waals surface area contributed by atoms with Crippen molar-refractivity contribution in [2.45, 2.75) is 91.0 Å². The number of amides is 1. The van der Waals surface area contributed by atoms with E-state index in [9.17, 15) is 14.4 Å². The number of carbonyl (C=O) groups is 3. The number of nitrogens with one attached hydrogen (secondary N) is 1. The van der Waals surface area contributed by atoms with Gasteiger partial charge in [-0.15, -0.1) is 0 Å². The number of hydrogen-bond acceptors (Lipinski definition) is 6. The average molecular weight is 668 g/mol. The number of rotatable bonds is 10. The minimum atomic E-state index is -0.668. The van der Waals surface area contributed by atoms with Gasteiger partial charge in [0, 0.05) is 12.5 Å². The zero-order valence-corrected chi connectivity index (χ0v) is 28.6. The van der Waals surface area contributed by atoms with Crippen molar-refractivity contribution in [3.63, 3.8) is 0 Å². The molecule has 3 fully saturated rings. The molecule has 0 spiro atoms. The Labute approximate surface area is 287 Å². The van der Waals surface area contributed by atoms with E-state index < -0.39 is 29.2 Å². The van der Waals surface area contributed by atoms with Gasteiger partial charge in [-0.25, -0.2) is 9.18 Å².